The molecule has 1 amide bonds. The Hall–Kier alpha value is -2.93. The molecule has 1 N–H and O–H groups in total. The number of anilines is 1. The van der Waals surface area contributed by atoms with Crippen LogP contribution in [0.5, 0.6) is 5.75 Å². The SMILES string of the molecule is O=C(CSC(c1ccccc1)c1ccccc1)Nc1ccc(OC(F)(F)F)cc1. The maximum atomic E-state index is 12.4. The van der Waals surface area contributed by atoms with Crippen molar-refractivity contribution < 1.29 is 22.7 Å². The highest BCUT2D eigenvalue weighted by Crippen LogP contribution is 2.35. The number of carbonyl (C=O) groups excluding carboxylic acids is 1. The third kappa shape index (κ3) is 6.57. The fraction of sp³-hybridized carbons (Fsp3) is 0.136. The molecule has 0 radical (unpaired) electrons. The van der Waals surface area contributed by atoms with E-state index in [4.69, 9.17) is 0 Å². The van der Waals surface area contributed by atoms with E-state index >= 15 is 0 Å². The lowest BCUT2D eigenvalue weighted by Crippen LogP contribution is -2.17. The summed E-state index contributed by atoms with van der Waals surface area (Å²) in [4.78, 5) is 12.4. The monoisotopic (exact) mass is 417 g/mol. The molecule has 0 fully saturated rings. The minimum atomic E-state index is -4.74. The summed E-state index contributed by atoms with van der Waals surface area (Å²) in [5, 5.41) is 2.69. The average molecular weight is 417 g/mol. The number of hydrogen-bond acceptors (Lipinski definition) is 3. The Balaban J connectivity index is 1.62. The third-order valence-corrected chi connectivity index (χ3v) is 5.26. The fourth-order valence-electron chi connectivity index (χ4n) is 2.74. The van der Waals surface area contributed by atoms with Gasteiger partial charge in [0.1, 0.15) is 5.75 Å². The number of hydrogen-bond donors (Lipinski definition) is 1. The van der Waals surface area contributed by atoms with Crippen molar-refractivity contribution in [2.45, 2.75) is 11.6 Å². The van der Waals surface area contributed by atoms with Crippen LogP contribution in [0.1, 0.15) is 16.4 Å². The molecule has 3 aromatic rings. The summed E-state index contributed by atoms with van der Waals surface area (Å²) in [6.07, 6.45) is -4.74. The average Bonchev–Trinajstić information content (AvgIpc) is 2.70. The van der Waals surface area contributed by atoms with Crippen LogP contribution in [-0.4, -0.2) is 18.0 Å². The minimum absolute atomic E-state index is 0.00860. The number of halogens is 3. The second-order valence-electron chi connectivity index (χ2n) is 6.13. The van der Waals surface area contributed by atoms with Gasteiger partial charge in [-0.15, -0.1) is 24.9 Å². The van der Waals surface area contributed by atoms with E-state index in [1.54, 1.807) is 0 Å². The van der Waals surface area contributed by atoms with Gasteiger partial charge in [-0.3, -0.25) is 4.79 Å². The lowest BCUT2D eigenvalue weighted by atomic mass is 10.0. The number of carbonyl (C=O) groups is 1. The molecule has 0 aliphatic heterocycles. The summed E-state index contributed by atoms with van der Waals surface area (Å²) < 4.78 is 40.5. The standard InChI is InChI=1S/C22H18F3NO2S/c23-22(24,25)28-19-13-11-18(12-14-19)26-20(27)15-29-21(16-7-3-1-4-8-16)17-9-5-2-6-10-17/h1-14,21H,15H2,(H,26,27). The number of thioether (sulfide) groups is 1. The van der Waals surface area contributed by atoms with Gasteiger partial charge in [0.25, 0.3) is 0 Å². The van der Waals surface area contributed by atoms with Gasteiger partial charge in [0.15, 0.2) is 0 Å². The predicted molar refractivity (Wildman–Crippen MR) is 109 cm³/mol. The minimum Gasteiger partial charge on any atom is -0.406 e. The molecule has 0 unspecified atom stereocenters. The van der Waals surface area contributed by atoms with Crippen molar-refractivity contribution in [3.63, 3.8) is 0 Å². The predicted octanol–water partition coefficient (Wildman–Crippen LogP) is 6.05. The van der Waals surface area contributed by atoms with Crippen LogP contribution in [0.25, 0.3) is 0 Å². The summed E-state index contributed by atoms with van der Waals surface area (Å²) in [7, 11) is 0. The van der Waals surface area contributed by atoms with Crippen LogP contribution in [0.15, 0.2) is 84.9 Å². The molecule has 0 aliphatic carbocycles. The van der Waals surface area contributed by atoms with Crippen molar-refractivity contribution in [3.05, 3.63) is 96.1 Å². The van der Waals surface area contributed by atoms with Crippen LogP contribution in [0.3, 0.4) is 0 Å². The lowest BCUT2D eigenvalue weighted by molar-refractivity contribution is -0.274. The molecule has 0 bridgehead atoms. The first kappa shape index (κ1) is 20.8. The Morgan fingerprint density at radius 1 is 0.862 bits per heavy atom. The van der Waals surface area contributed by atoms with E-state index in [9.17, 15) is 18.0 Å². The molecule has 29 heavy (non-hydrogen) atoms. The van der Waals surface area contributed by atoms with E-state index in [-0.39, 0.29) is 22.7 Å². The summed E-state index contributed by atoms with van der Waals surface area (Å²) >= 11 is 1.48. The number of nitrogens with one attached hydrogen (secondary N) is 1. The van der Waals surface area contributed by atoms with Crippen LogP contribution in [0, 0.1) is 0 Å². The van der Waals surface area contributed by atoms with Gasteiger partial charge in [-0.2, -0.15) is 0 Å². The van der Waals surface area contributed by atoms with Crippen molar-refractivity contribution in [1.29, 1.82) is 0 Å². The lowest BCUT2D eigenvalue weighted by Gasteiger charge is -2.17. The summed E-state index contributed by atoms with van der Waals surface area (Å²) in [5.41, 5.74) is 2.58. The molecule has 7 heteroatoms. The highest BCUT2D eigenvalue weighted by atomic mass is 32.2. The molecule has 0 spiro atoms. The molecular weight excluding hydrogens is 399 g/mol. The molecule has 3 nitrogen and oxygen atoms in total. The number of amides is 1. The topological polar surface area (TPSA) is 38.3 Å². The second-order valence-corrected chi connectivity index (χ2v) is 7.23. The highest BCUT2D eigenvalue weighted by molar-refractivity contribution is 8.00. The number of ether oxygens (including phenoxy) is 1. The number of alkyl halides is 3. The van der Waals surface area contributed by atoms with Crippen molar-refractivity contribution in [2.75, 3.05) is 11.1 Å². The summed E-state index contributed by atoms with van der Waals surface area (Å²) in [5.74, 6) is -0.385. The van der Waals surface area contributed by atoms with E-state index in [1.165, 1.54) is 23.9 Å². The molecule has 0 saturated heterocycles. The Labute approximate surface area is 170 Å². The van der Waals surface area contributed by atoms with Crippen molar-refractivity contribution >= 4 is 23.4 Å². The fourth-order valence-corrected chi connectivity index (χ4v) is 3.83. The van der Waals surface area contributed by atoms with E-state index in [0.29, 0.717) is 5.69 Å². The number of rotatable bonds is 7. The van der Waals surface area contributed by atoms with Gasteiger partial charge in [-0.1, -0.05) is 60.7 Å². The molecule has 0 atom stereocenters. The maximum Gasteiger partial charge on any atom is 0.573 e. The van der Waals surface area contributed by atoms with Crippen LogP contribution in [0.4, 0.5) is 18.9 Å². The normalized spacial score (nSPS) is 11.3. The maximum absolute atomic E-state index is 12.4. The van der Waals surface area contributed by atoms with E-state index in [1.807, 2.05) is 60.7 Å². The Morgan fingerprint density at radius 3 is 1.86 bits per heavy atom. The van der Waals surface area contributed by atoms with E-state index in [0.717, 1.165) is 23.3 Å². The summed E-state index contributed by atoms with van der Waals surface area (Å²) in [6.45, 7) is 0. The third-order valence-electron chi connectivity index (χ3n) is 3.96. The first-order valence-electron chi connectivity index (χ1n) is 8.78. The van der Waals surface area contributed by atoms with Gasteiger partial charge >= 0.3 is 6.36 Å². The first-order valence-corrected chi connectivity index (χ1v) is 9.83. The van der Waals surface area contributed by atoms with Crippen LogP contribution < -0.4 is 10.1 Å². The van der Waals surface area contributed by atoms with Gasteiger partial charge in [-0.05, 0) is 35.4 Å². The highest BCUT2D eigenvalue weighted by Gasteiger charge is 2.31. The van der Waals surface area contributed by atoms with E-state index < -0.39 is 6.36 Å². The molecule has 0 aliphatic rings. The van der Waals surface area contributed by atoms with Crippen LogP contribution >= 0.6 is 11.8 Å². The molecule has 3 rings (SSSR count). The van der Waals surface area contributed by atoms with E-state index in [2.05, 4.69) is 10.1 Å². The van der Waals surface area contributed by atoms with Crippen molar-refractivity contribution in [3.8, 4) is 5.75 Å². The zero-order chi connectivity index (χ0) is 20.7. The molecule has 0 saturated carbocycles. The molecule has 150 valence electrons. The molecule has 0 aromatic heterocycles. The van der Waals surface area contributed by atoms with Gasteiger partial charge in [0, 0.05) is 5.69 Å². The Morgan fingerprint density at radius 2 is 1.38 bits per heavy atom. The Kier molecular flexibility index (Phi) is 6.82. The zero-order valence-corrected chi connectivity index (χ0v) is 16.0. The summed E-state index contributed by atoms with van der Waals surface area (Å²) in [6, 6.07) is 24.8. The smallest absolute Gasteiger partial charge is 0.406 e. The second kappa shape index (κ2) is 9.52. The largest absolute Gasteiger partial charge is 0.573 e. The molecule has 3 aromatic carbocycles. The van der Waals surface area contributed by atoms with Crippen molar-refractivity contribution in [2.24, 2.45) is 0 Å². The van der Waals surface area contributed by atoms with Crippen molar-refractivity contribution in [1.82, 2.24) is 0 Å². The Bertz CT molecular complexity index is 877. The quantitative estimate of drug-likeness (QED) is 0.509. The molecular formula is C22H18F3NO2S. The van der Waals surface area contributed by atoms with Crippen LogP contribution in [0.2, 0.25) is 0 Å². The zero-order valence-electron chi connectivity index (χ0n) is 15.2. The number of benzene rings is 3. The van der Waals surface area contributed by atoms with Gasteiger partial charge in [0.05, 0.1) is 11.0 Å². The van der Waals surface area contributed by atoms with Crippen LogP contribution in [-0.2, 0) is 4.79 Å². The molecule has 0 heterocycles. The first-order chi connectivity index (χ1) is 13.9. The van der Waals surface area contributed by atoms with Gasteiger partial charge in [-0.25, -0.2) is 0 Å². The van der Waals surface area contributed by atoms with Gasteiger partial charge in [0.2, 0.25) is 5.91 Å². The van der Waals surface area contributed by atoms with Gasteiger partial charge < -0.3 is 10.1 Å².